The van der Waals surface area contributed by atoms with E-state index in [1.165, 1.54) is 0 Å². The number of H-pyrrole nitrogens is 1. The summed E-state index contributed by atoms with van der Waals surface area (Å²) in [5.41, 5.74) is 2.85. The second-order valence-corrected chi connectivity index (χ2v) is 7.33. The highest BCUT2D eigenvalue weighted by Gasteiger charge is 2.35. The van der Waals surface area contributed by atoms with Gasteiger partial charge in [0.1, 0.15) is 11.2 Å². The number of aromatic amines is 1. The number of ether oxygens (including phenoxy) is 3. The summed E-state index contributed by atoms with van der Waals surface area (Å²) in [7, 11) is 4.74. The zero-order chi connectivity index (χ0) is 19.6. The number of rotatable bonds is 7. The predicted octanol–water partition coefficient (Wildman–Crippen LogP) is 3.08. The van der Waals surface area contributed by atoms with Gasteiger partial charge < -0.3 is 24.1 Å². The van der Waals surface area contributed by atoms with Crippen LogP contribution in [0.1, 0.15) is 35.1 Å². The number of amides is 1. The first-order valence-electron chi connectivity index (χ1n) is 8.77. The molecule has 8 heteroatoms. The van der Waals surface area contributed by atoms with Gasteiger partial charge in [0.15, 0.2) is 11.5 Å². The first-order chi connectivity index (χ1) is 13.0. The summed E-state index contributed by atoms with van der Waals surface area (Å²) < 4.78 is 16.2. The number of thioether (sulfide) groups is 1. The average Bonchev–Trinajstić information content (AvgIpc) is 3.23. The van der Waals surface area contributed by atoms with Crippen LogP contribution in [-0.2, 0) is 17.8 Å². The number of imidazole rings is 1. The zero-order valence-electron chi connectivity index (χ0n) is 16.3. The second-order valence-electron chi connectivity index (χ2n) is 6.27. The van der Waals surface area contributed by atoms with Crippen molar-refractivity contribution in [2.24, 2.45) is 0 Å². The Morgan fingerprint density at radius 3 is 2.41 bits per heavy atom. The van der Waals surface area contributed by atoms with Crippen LogP contribution in [0.4, 0.5) is 0 Å². The topological polar surface area (TPSA) is 76.7 Å². The smallest absolute Gasteiger partial charge is 0.234 e. The molecule has 27 heavy (non-hydrogen) atoms. The third-order valence-electron chi connectivity index (χ3n) is 4.59. The van der Waals surface area contributed by atoms with Crippen molar-refractivity contribution in [2.75, 3.05) is 27.1 Å². The lowest BCUT2D eigenvalue weighted by atomic mass is 10.1. The largest absolute Gasteiger partial charge is 0.493 e. The molecule has 1 aromatic carbocycles. The van der Waals surface area contributed by atoms with Crippen molar-refractivity contribution >= 4 is 17.7 Å². The van der Waals surface area contributed by atoms with Crippen LogP contribution in [0.2, 0.25) is 0 Å². The van der Waals surface area contributed by atoms with Crippen molar-refractivity contribution in [1.29, 1.82) is 0 Å². The monoisotopic (exact) mass is 391 g/mol. The molecule has 1 atom stereocenters. The minimum Gasteiger partial charge on any atom is -0.493 e. The van der Waals surface area contributed by atoms with Crippen molar-refractivity contribution < 1.29 is 19.0 Å². The minimum absolute atomic E-state index is 0.0965. The molecule has 3 rings (SSSR count). The van der Waals surface area contributed by atoms with Gasteiger partial charge in [-0.1, -0.05) is 6.92 Å². The van der Waals surface area contributed by atoms with Crippen molar-refractivity contribution in [3.8, 4) is 17.2 Å². The molecule has 1 aliphatic rings. The Bertz CT molecular complexity index is 811. The van der Waals surface area contributed by atoms with Gasteiger partial charge in [-0.15, -0.1) is 11.8 Å². The molecule has 1 N–H and O–H groups in total. The molecule has 146 valence electrons. The van der Waals surface area contributed by atoms with E-state index in [0.29, 0.717) is 29.5 Å². The number of hydrogen-bond acceptors (Lipinski definition) is 6. The Balaban J connectivity index is 1.92. The average molecular weight is 391 g/mol. The van der Waals surface area contributed by atoms with Gasteiger partial charge in [-0.05, 0) is 24.6 Å². The number of carbonyl (C=O) groups is 1. The summed E-state index contributed by atoms with van der Waals surface area (Å²) in [6.07, 6.45) is 0.832. The maximum atomic E-state index is 12.6. The molecular formula is C19H25N3O4S. The molecule has 1 unspecified atom stereocenters. The number of benzene rings is 1. The number of aryl methyl sites for hydroxylation is 2. The van der Waals surface area contributed by atoms with Crippen molar-refractivity contribution in [2.45, 2.75) is 32.2 Å². The fraction of sp³-hybridized carbons (Fsp3) is 0.474. The van der Waals surface area contributed by atoms with E-state index < -0.39 is 0 Å². The van der Waals surface area contributed by atoms with Crippen LogP contribution in [0.15, 0.2) is 12.1 Å². The summed E-state index contributed by atoms with van der Waals surface area (Å²) >= 11 is 1.60. The van der Waals surface area contributed by atoms with Gasteiger partial charge in [-0.2, -0.15) is 0 Å². The van der Waals surface area contributed by atoms with Gasteiger partial charge in [0.25, 0.3) is 0 Å². The lowest BCUT2D eigenvalue weighted by Crippen LogP contribution is -2.28. The van der Waals surface area contributed by atoms with E-state index in [-0.39, 0.29) is 11.3 Å². The maximum Gasteiger partial charge on any atom is 0.234 e. The third kappa shape index (κ3) is 3.71. The van der Waals surface area contributed by atoms with Crippen molar-refractivity contribution in [3.63, 3.8) is 0 Å². The number of hydrogen-bond donors (Lipinski definition) is 1. The van der Waals surface area contributed by atoms with Crippen LogP contribution in [0.25, 0.3) is 0 Å². The van der Waals surface area contributed by atoms with Crippen LogP contribution in [-0.4, -0.2) is 47.9 Å². The van der Waals surface area contributed by atoms with E-state index in [4.69, 9.17) is 19.2 Å². The van der Waals surface area contributed by atoms with Gasteiger partial charge in [0.05, 0.1) is 32.8 Å². The van der Waals surface area contributed by atoms with E-state index >= 15 is 0 Å². The first-order valence-corrected chi connectivity index (χ1v) is 9.82. The maximum absolute atomic E-state index is 12.6. The fourth-order valence-corrected chi connectivity index (χ4v) is 4.45. The van der Waals surface area contributed by atoms with E-state index in [0.717, 1.165) is 29.2 Å². The van der Waals surface area contributed by atoms with Gasteiger partial charge in [0, 0.05) is 18.7 Å². The van der Waals surface area contributed by atoms with Crippen LogP contribution >= 0.6 is 11.8 Å². The number of nitrogens with one attached hydrogen (secondary N) is 1. The van der Waals surface area contributed by atoms with Gasteiger partial charge >= 0.3 is 0 Å². The van der Waals surface area contributed by atoms with Gasteiger partial charge in [-0.25, -0.2) is 4.98 Å². The Morgan fingerprint density at radius 1 is 1.22 bits per heavy atom. The van der Waals surface area contributed by atoms with Gasteiger partial charge in [0.2, 0.25) is 11.7 Å². The highest BCUT2D eigenvalue weighted by atomic mass is 32.2. The zero-order valence-corrected chi connectivity index (χ0v) is 17.1. The van der Waals surface area contributed by atoms with E-state index in [9.17, 15) is 4.79 Å². The third-order valence-corrected chi connectivity index (χ3v) is 5.79. The Labute approximate surface area is 163 Å². The lowest BCUT2D eigenvalue weighted by molar-refractivity contribution is -0.128. The Hall–Kier alpha value is -2.35. The molecule has 1 aromatic heterocycles. The standard InChI is InChI=1S/C19H25N3O4S/c1-6-15-20-11(2)17(21-15)19-22(16(23)10-27-19)9-12-7-13(24-3)18(26-5)14(8-12)25-4/h7-8,19H,6,9-10H2,1-5H3,(H,20,21). The molecular weight excluding hydrogens is 366 g/mol. The normalized spacial score (nSPS) is 16.7. The van der Waals surface area contributed by atoms with Crippen LogP contribution in [0.3, 0.4) is 0 Å². The lowest BCUT2D eigenvalue weighted by Gasteiger charge is -2.24. The SMILES string of the molecule is CCc1nc(C2SCC(=O)N2Cc2cc(OC)c(OC)c(OC)c2)c(C)[nH]1. The first kappa shape index (κ1) is 19.4. The van der Waals surface area contributed by atoms with E-state index in [2.05, 4.69) is 11.9 Å². The summed E-state index contributed by atoms with van der Waals surface area (Å²) in [5.74, 6) is 3.18. The van der Waals surface area contributed by atoms with Crippen LogP contribution in [0, 0.1) is 6.92 Å². The van der Waals surface area contributed by atoms with Crippen molar-refractivity contribution in [3.05, 3.63) is 34.9 Å². The number of aromatic nitrogens is 2. The highest BCUT2D eigenvalue weighted by Crippen LogP contribution is 2.42. The van der Waals surface area contributed by atoms with E-state index in [1.807, 2.05) is 24.0 Å². The molecule has 1 aliphatic heterocycles. The summed E-state index contributed by atoms with van der Waals surface area (Å²) in [6.45, 7) is 4.51. The fourth-order valence-electron chi connectivity index (χ4n) is 3.22. The molecule has 1 saturated heterocycles. The molecule has 0 saturated carbocycles. The van der Waals surface area contributed by atoms with Gasteiger partial charge in [-0.3, -0.25) is 4.79 Å². The summed E-state index contributed by atoms with van der Waals surface area (Å²) in [6, 6.07) is 3.76. The molecule has 2 aromatic rings. The van der Waals surface area contributed by atoms with Crippen LogP contribution in [0.5, 0.6) is 17.2 Å². The molecule has 0 radical (unpaired) electrons. The Kier molecular flexibility index (Phi) is 5.84. The minimum atomic E-state index is -0.104. The van der Waals surface area contributed by atoms with Crippen molar-refractivity contribution in [1.82, 2.24) is 14.9 Å². The molecule has 1 amide bonds. The highest BCUT2D eigenvalue weighted by molar-refractivity contribution is 8.00. The molecule has 2 heterocycles. The predicted molar refractivity (Wildman–Crippen MR) is 105 cm³/mol. The molecule has 1 fully saturated rings. The summed E-state index contributed by atoms with van der Waals surface area (Å²) in [5, 5.41) is -0.104. The number of methoxy groups -OCH3 is 3. The molecule has 0 bridgehead atoms. The summed E-state index contributed by atoms with van der Waals surface area (Å²) in [4.78, 5) is 22.4. The van der Waals surface area contributed by atoms with Crippen LogP contribution < -0.4 is 14.2 Å². The molecule has 0 aliphatic carbocycles. The molecule has 7 nitrogen and oxygen atoms in total. The number of carbonyl (C=O) groups excluding carboxylic acids is 1. The molecule has 0 spiro atoms. The number of nitrogens with zero attached hydrogens (tertiary/aromatic N) is 2. The Morgan fingerprint density at radius 2 is 1.89 bits per heavy atom. The quantitative estimate of drug-likeness (QED) is 0.782. The van der Waals surface area contributed by atoms with E-state index in [1.54, 1.807) is 33.1 Å². The second kappa shape index (κ2) is 8.12.